The molecule has 0 radical (unpaired) electrons. The average molecular weight is 439 g/mol. The third-order valence-electron chi connectivity index (χ3n) is 8.47. The molecule has 0 aromatic rings. The van der Waals surface area contributed by atoms with Gasteiger partial charge in [-0.1, -0.05) is 25.5 Å². The number of hydrogen-bond donors (Lipinski definition) is 3. The quantitative estimate of drug-likeness (QED) is 0.551. The highest BCUT2D eigenvalue weighted by Crippen LogP contribution is 2.67. The van der Waals surface area contributed by atoms with Crippen molar-refractivity contribution in [2.75, 3.05) is 6.61 Å². The van der Waals surface area contributed by atoms with Gasteiger partial charge in [-0.05, 0) is 56.1 Å². The van der Waals surface area contributed by atoms with Crippen LogP contribution >= 0.6 is 7.82 Å². The molecule has 0 spiro atoms. The molecule has 166 valence electrons. The predicted molar refractivity (Wildman–Crippen MR) is 104 cm³/mol. The van der Waals surface area contributed by atoms with Gasteiger partial charge < -0.3 is 24.5 Å². The fourth-order valence-electron chi connectivity index (χ4n) is 7.05. The van der Waals surface area contributed by atoms with Gasteiger partial charge in [0, 0.05) is 16.7 Å². The van der Waals surface area contributed by atoms with Crippen LogP contribution in [0.1, 0.15) is 46.0 Å². The molecule has 0 aromatic heterocycles. The Kier molecular flexibility index (Phi) is 5.09. The number of carbonyl (C=O) groups excluding carboxylic acids is 2. The maximum atomic E-state index is 12.8. The monoisotopic (exact) mass is 439 g/mol. The number of ketones is 2. The topological polar surface area (TPSA) is 144 Å². The normalized spacial score (nSPS) is 47.0. The summed E-state index contributed by atoms with van der Waals surface area (Å²) < 4.78 is 15.2. The molecule has 8 atom stereocenters. The number of fused-ring (bicyclic) bond motifs is 5. The van der Waals surface area contributed by atoms with E-state index in [9.17, 15) is 29.3 Å². The minimum atomic E-state index is -5.09. The van der Waals surface area contributed by atoms with E-state index in [1.54, 1.807) is 19.1 Å². The zero-order chi connectivity index (χ0) is 22.1. The number of hydrogen-bond acceptors (Lipinski definition) is 7. The molecule has 8 nitrogen and oxygen atoms in total. The Bertz CT molecular complexity index is 889. The lowest BCUT2D eigenvalue weighted by Crippen LogP contribution is -2.61. The molecule has 0 aromatic carbocycles. The van der Waals surface area contributed by atoms with Gasteiger partial charge in [0.05, 0.1) is 6.10 Å². The van der Waals surface area contributed by atoms with Crippen LogP contribution in [0.5, 0.6) is 0 Å². The van der Waals surface area contributed by atoms with Gasteiger partial charge in [0.15, 0.2) is 11.6 Å². The minimum Gasteiger partial charge on any atom is -0.756 e. The Labute approximate surface area is 175 Å². The first-order valence-electron chi connectivity index (χ1n) is 10.4. The number of phosphoric acid groups is 1. The molecule has 4 rings (SSSR count). The number of allylic oxidation sites excluding steroid dienone is 4. The van der Waals surface area contributed by atoms with Crippen molar-refractivity contribution in [2.24, 2.45) is 28.6 Å². The molecule has 0 amide bonds. The Morgan fingerprint density at radius 2 is 2.07 bits per heavy atom. The highest BCUT2D eigenvalue weighted by molar-refractivity contribution is 7.44. The molecule has 0 heterocycles. The lowest BCUT2D eigenvalue weighted by molar-refractivity contribution is -0.221. The van der Waals surface area contributed by atoms with Gasteiger partial charge in [0.1, 0.15) is 12.2 Å². The molecule has 9 heteroatoms. The van der Waals surface area contributed by atoms with Crippen LogP contribution in [0.15, 0.2) is 23.8 Å². The van der Waals surface area contributed by atoms with Crippen molar-refractivity contribution in [3.63, 3.8) is 0 Å². The lowest BCUT2D eigenvalue weighted by Gasteiger charge is -2.59. The Balaban J connectivity index is 1.65. The highest BCUT2D eigenvalue weighted by atomic mass is 31.2. The third kappa shape index (κ3) is 3.12. The van der Waals surface area contributed by atoms with Crippen molar-refractivity contribution in [3.8, 4) is 0 Å². The maximum Gasteiger partial charge on any atom is 0.265 e. The van der Waals surface area contributed by atoms with Crippen LogP contribution in [0.4, 0.5) is 0 Å². The molecule has 3 N–H and O–H groups in total. The van der Waals surface area contributed by atoms with Crippen LogP contribution in [0.2, 0.25) is 0 Å². The molecular formula is C21H28O8P-. The molecule has 4 aliphatic carbocycles. The van der Waals surface area contributed by atoms with E-state index in [2.05, 4.69) is 4.52 Å². The van der Waals surface area contributed by atoms with E-state index in [0.717, 1.165) is 12.0 Å². The van der Waals surface area contributed by atoms with Gasteiger partial charge in [0.2, 0.25) is 0 Å². The van der Waals surface area contributed by atoms with Crippen molar-refractivity contribution < 1.29 is 38.7 Å². The average Bonchev–Trinajstić information content (AvgIpc) is 2.91. The largest absolute Gasteiger partial charge is 0.756 e. The van der Waals surface area contributed by atoms with Crippen LogP contribution in [-0.4, -0.2) is 45.0 Å². The van der Waals surface area contributed by atoms with Gasteiger partial charge in [0.25, 0.3) is 7.82 Å². The molecule has 3 fully saturated rings. The summed E-state index contributed by atoms with van der Waals surface area (Å²) in [6.07, 6.45) is 6.66. The van der Waals surface area contributed by atoms with Gasteiger partial charge in [-0.25, -0.2) is 0 Å². The van der Waals surface area contributed by atoms with Gasteiger partial charge in [-0.2, -0.15) is 0 Å². The first kappa shape index (κ1) is 22.1. The molecule has 0 bridgehead atoms. The number of rotatable bonds is 4. The molecule has 2 unspecified atom stereocenters. The van der Waals surface area contributed by atoms with E-state index in [1.165, 1.54) is 0 Å². The van der Waals surface area contributed by atoms with Crippen molar-refractivity contribution in [1.82, 2.24) is 0 Å². The van der Waals surface area contributed by atoms with E-state index in [4.69, 9.17) is 4.89 Å². The van der Waals surface area contributed by atoms with Gasteiger partial charge in [-0.3, -0.25) is 14.2 Å². The van der Waals surface area contributed by atoms with Crippen LogP contribution in [0.3, 0.4) is 0 Å². The summed E-state index contributed by atoms with van der Waals surface area (Å²) in [6.45, 7) is 2.89. The highest BCUT2D eigenvalue weighted by Gasteiger charge is 2.68. The Morgan fingerprint density at radius 1 is 1.37 bits per heavy atom. The zero-order valence-corrected chi connectivity index (χ0v) is 18.0. The summed E-state index contributed by atoms with van der Waals surface area (Å²) in [5.74, 6) is -0.971. The second-order valence-electron chi connectivity index (χ2n) is 9.78. The van der Waals surface area contributed by atoms with E-state index in [1.807, 2.05) is 13.0 Å². The summed E-state index contributed by atoms with van der Waals surface area (Å²) >= 11 is 0. The first-order valence-corrected chi connectivity index (χ1v) is 11.9. The summed E-state index contributed by atoms with van der Waals surface area (Å²) in [6, 6.07) is 0. The van der Waals surface area contributed by atoms with Crippen molar-refractivity contribution >= 4 is 19.4 Å². The number of aliphatic hydroxyl groups excluding tert-OH is 1. The van der Waals surface area contributed by atoms with Gasteiger partial charge >= 0.3 is 0 Å². The Hall–Kier alpha value is -1.15. The number of Topliss-reactive ketones (excluding diaryl/α,β-unsaturated/α-hetero) is 1. The second-order valence-corrected chi connectivity index (χ2v) is 11.0. The summed E-state index contributed by atoms with van der Waals surface area (Å²) in [5.41, 5.74) is -2.21. The lowest BCUT2D eigenvalue weighted by atomic mass is 9.46. The fourth-order valence-corrected chi connectivity index (χ4v) is 7.33. The molecule has 30 heavy (non-hydrogen) atoms. The van der Waals surface area contributed by atoms with E-state index in [-0.39, 0.29) is 36.4 Å². The summed E-state index contributed by atoms with van der Waals surface area (Å²) in [4.78, 5) is 44.4. The molecular weight excluding hydrogens is 411 g/mol. The van der Waals surface area contributed by atoms with Crippen LogP contribution in [0, 0.1) is 28.6 Å². The minimum absolute atomic E-state index is 0.0440. The third-order valence-corrected chi connectivity index (χ3v) is 8.92. The van der Waals surface area contributed by atoms with E-state index >= 15 is 0 Å². The summed E-state index contributed by atoms with van der Waals surface area (Å²) in [5, 5.41) is 22.6. The molecule has 0 aliphatic heterocycles. The van der Waals surface area contributed by atoms with Crippen molar-refractivity contribution in [2.45, 2.75) is 57.7 Å². The number of phosphoric ester groups is 1. The van der Waals surface area contributed by atoms with Gasteiger partial charge in [-0.15, -0.1) is 0 Å². The predicted octanol–water partition coefficient (Wildman–Crippen LogP) is 1.04. The van der Waals surface area contributed by atoms with Crippen LogP contribution in [0.25, 0.3) is 0 Å². The fraction of sp³-hybridized carbons (Fsp3) is 0.714. The maximum absolute atomic E-state index is 12.8. The van der Waals surface area contributed by atoms with E-state index < -0.39 is 42.7 Å². The number of aliphatic hydroxyl groups is 2. The molecule has 0 saturated heterocycles. The first-order chi connectivity index (χ1) is 13.8. The van der Waals surface area contributed by atoms with Crippen molar-refractivity contribution in [1.29, 1.82) is 0 Å². The summed E-state index contributed by atoms with van der Waals surface area (Å²) in [7, 11) is -5.09. The standard InChI is InChI=1S/C21H29O8P/c1-19-7-5-13(22)9-12(19)3-4-14-15-6-8-21(25,17(24)11-29-30(26,27)28)20(15,2)10-16(23)18(14)19/h5,7,9,14-16,18,23,25H,3-4,6,8,10-11H2,1-2H3,(H2,26,27,28)/p-1/t14-,15?,16-,18+,19-,20-,21-/m0/s1. The van der Waals surface area contributed by atoms with E-state index in [0.29, 0.717) is 12.8 Å². The number of carbonyl (C=O) groups is 2. The smallest absolute Gasteiger partial charge is 0.265 e. The Morgan fingerprint density at radius 3 is 2.73 bits per heavy atom. The molecule has 4 aliphatic rings. The molecule has 3 saturated carbocycles. The van der Waals surface area contributed by atoms with Crippen molar-refractivity contribution in [3.05, 3.63) is 23.8 Å². The van der Waals surface area contributed by atoms with Crippen LogP contribution < -0.4 is 4.89 Å². The second kappa shape index (κ2) is 6.92. The SMILES string of the molecule is C[C@]12C=CC(=O)C=C1CC[C@H]1C3CC[C@](O)(C(=O)COP(=O)([O-])O)[C@@]3(C)C[C@H](O)[C@@H]12. The van der Waals surface area contributed by atoms with Crippen LogP contribution in [-0.2, 0) is 18.7 Å². The zero-order valence-electron chi connectivity index (χ0n) is 17.1.